The summed E-state index contributed by atoms with van der Waals surface area (Å²) in [6.07, 6.45) is 12.8. The lowest BCUT2D eigenvalue weighted by atomic mass is 10.1. The zero-order valence-electron chi connectivity index (χ0n) is 9.94. The molecule has 0 saturated carbocycles. The van der Waals surface area contributed by atoms with E-state index in [2.05, 4.69) is 35.6 Å². The summed E-state index contributed by atoms with van der Waals surface area (Å²) < 4.78 is 0. The summed E-state index contributed by atoms with van der Waals surface area (Å²) in [7, 11) is 0. The van der Waals surface area contributed by atoms with Gasteiger partial charge in [-0.2, -0.15) is 0 Å². The third kappa shape index (κ3) is 3.24. The molecule has 0 amide bonds. The smallest absolute Gasteiger partial charge is 0.0921 e. The van der Waals surface area contributed by atoms with E-state index in [9.17, 15) is 0 Å². The van der Waals surface area contributed by atoms with Gasteiger partial charge in [0.2, 0.25) is 0 Å². The van der Waals surface area contributed by atoms with Crippen molar-refractivity contribution < 1.29 is 0 Å². The molecule has 0 saturated heterocycles. The van der Waals surface area contributed by atoms with E-state index in [1.807, 2.05) is 30.1 Å². The van der Waals surface area contributed by atoms with E-state index in [4.69, 9.17) is 0 Å². The largest absolute Gasteiger partial charge is 0.348 e. The summed E-state index contributed by atoms with van der Waals surface area (Å²) in [5, 5.41) is 0. The zero-order valence-corrected chi connectivity index (χ0v) is 10.8. The number of H-pyrrole nitrogens is 1. The van der Waals surface area contributed by atoms with Gasteiger partial charge in [0.1, 0.15) is 0 Å². The number of allylic oxidation sites excluding steroid dienone is 5. The van der Waals surface area contributed by atoms with E-state index >= 15 is 0 Å². The van der Waals surface area contributed by atoms with Gasteiger partial charge in [-0.3, -0.25) is 0 Å². The third-order valence-electron chi connectivity index (χ3n) is 2.58. The van der Waals surface area contributed by atoms with Gasteiger partial charge in [-0.1, -0.05) is 30.4 Å². The Balaban J connectivity index is 2.10. The van der Waals surface area contributed by atoms with Crippen LogP contribution in [0.2, 0.25) is 0 Å². The number of rotatable bonds is 4. The normalized spacial score (nSPS) is 16.4. The minimum absolute atomic E-state index is 0.961. The van der Waals surface area contributed by atoms with Gasteiger partial charge in [-0.05, 0) is 18.6 Å². The van der Waals surface area contributed by atoms with E-state index in [0.717, 1.165) is 12.2 Å². The number of nitrogens with zero attached hydrogens (tertiary/aromatic N) is 1. The Morgan fingerprint density at radius 3 is 3.12 bits per heavy atom. The Bertz CT molecular complexity index is 478. The molecule has 0 unspecified atom stereocenters. The van der Waals surface area contributed by atoms with Crippen molar-refractivity contribution >= 4 is 11.8 Å². The Morgan fingerprint density at radius 1 is 1.59 bits per heavy atom. The second-order valence-corrected chi connectivity index (χ2v) is 5.00. The van der Waals surface area contributed by atoms with Crippen LogP contribution in [0.5, 0.6) is 0 Å². The maximum atomic E-state index is 4.04. The number of aromatic amines is 1. The molecule has 88 valence electrons. The molecule has 0 atom stereocenters. The first-order valence-corrected chi connectivity index (χ1v) is 6.57. The van der Waals surface area contributed by atoms with Crippen LogP contribution in [0.25, 0.3) is 0 Å². The molecule has 0 fully saturated rings. The summed E-state index contributed by atoms with van der Waals surface area (Å²) in [6, 6.07) is 0. The van der Waals surface area contributed by atoms with Gasteiger partial charge in [-0.15, -0.1) is 11.8 Å². The second-order valence-electron chi connectivity index (χ2n) is 3.99. The number of hydrogen-bond acceptors (Lipinski definition) is 2. The second kappa shape index (κ2) is 5.73. The van der Waals surface area contributed by atoms with Crippen molar-refractivity contribution in [3.05, 3.63) is 65.2 Å². The molecule has 2 heterocycles. The molecule has 0 bridgehead atoms. The standard InChI is InChI=1S/C14H16N2S/c1-3-4-5-14-11(2)6-12(9-17-14)7-13-8-15-10-16-13/h3-6,8,10H,1,7,9H2,2H3,(H,15,16)/b5-4-. The van der Waals surface area contributed by atoms with Crippen molar-refractivity contribution in [2.24, 2.45) is 0 Å². The lowest BCUT2D eigenvalue weighted by Gasteiger charge is -2.15. The predicted molar refractivity (Wildman–Crippen MR) is 74.9 cm³/mol. The highest BCUT2D eigenvalue weighted by atomic mass is 32.2. The molecule has 0 radical (unpaired) electrons. The van der Waals surface area contributed by atoms with Crippen LogP contribution >= 0.6 is 11.8 Å². The van der Waals surface area contributed by atoms with Crippen LogP contribution < -0.4 is 0 Å². The molecule has 0 aliphatic carbocycles. The molecule has 0 aromatic carbocycles. The van der Waals surface area contributed by atoms with E-state index < -0.39 is 0 Å². The highest BCUT2D eigenvalue weighted by Crippen LogP contribution is 2.30. The Hall–Kier alpha value is -1.48. The van der Waals surface area contributed by atoms with Crippen LogP contribution in [0.3, 0.4) is 0 Å². The summed E-state index contributed by atoms with van der Waals surface area (Å²) >= 11 is 1.88. The maximum absolute atomic E-state index is 4.04. The first-order chi connectivity index (χ1) is 8.29. The van der Waals surface area contributed by atoms with Crippen LogP contribution in [-0.4, -0.2) is 15.7 Å². The average molecular weight is 244 g/mol. The first-order valence-electron chi connectivity index (χ1n) is 5.59. The average Bonchev–Trinajstić information content (AvgIpc) is 2.81. The van der Waals surface area contributed by atoms with E-state index in [1.165, 1.54) is 21.7 Å². The molecule has 1 aliphatic heterocycles. The summed E-state index contributed by atoms with van der Waals surface area (Å²) in [5.41, 5.74) is 3.94. The van der Waals surface area contributed by atoms with Crippen LogP contribution in [0, 0.1) is 0 Å². The Labute approximate surface area is 106 Å². The van der Waals surface area contributed by atoms with E-state index in [1.54, 1.807) is 6.33 Å². The maximum Gasteiger partial charge on any atom is 0.0921 e. The fraction of sp³-hybridized carbons (Fsp3) is 0.214. The van der Waals surface area contributed by atoms with Crippen LogP contribution in [0.15, 0.2) is 59.5 Å². The van der Waals surface area contributed by atoms with Gasteiger partial charge in [0.15, 0.2) is 0 Å². The number of nitrogens with one attached hydrogen (secondary N) is 1. The number of hydrogen-bond donors (Lipinski definition) is 1. The Kier molecular flexibility index (Phi) is 4.04. The molecule has 1 aromatic rings. The van der Waals surface area contributed by atoms with Gasteiger partial charge in [-0.25, -0.2) is 4.98 Å². The quantitative estimate of drug-likeness (QED) is 0.819. The highest BCUT2D eigenvalue weighted by molar-refractivity contribution is 8.03. The minimum Gasteiger partial charge on any atom is -0.348 e. The molecule has 17 heavy (non-hydrogen) atoms. The van der Waals surface area contributed by atoms with Crippen LogP contribution in [0.4, 0.5) is 0 Å². The van der Waals surface area contributed by atoms with Crippen molar-refractivity contribution in [2.75, 3.05) is 5.75 Å². The molecule has 1 N–H and O–H groups in total. The van der Waals surface area contributed by atoms with E-state index in [0.29, 0.717) is 0 Å². The highest BCUT2D eigenvalue weighted by Gasteiger charge is 2.10. The minimum atomic E-state index is 0.961. The Morgan fingerprint density at radius 2 is 2.47 bits per heavy atom. The topological polar surface area (TPSA) is 28.7 Å². The van der Waals surface area contributed by atoms with Crippen LogP contribution in [-0.2, 0) is 6.42 Å². The van der Waals surface area contributed by atoms with Crippen molar-refractivity contribution in [3.8, 4) is 0 Å². The molecular formula is C14H16N2S. The van der Waals surface area contributed by atoms with Gasteiger partial charge in [0, 0.05) is 29.0 Å². The fourth-order valence-electron chi connectivity index (χ4n) is 1.77. The molecular weight excluding hydrogens is 228 g/mol. The summed E-state index contributed by atoms with van der Waals surface area (Å²) in [4.78, 5) is 8.51. The third-order valence-corrected chi connectivity index (χ3v) is 3.86. The van der Waals surface area contributed by atoms with Gasteiger partial charge in [0.05, 0.1) is 6.33 Å². The summed E-state index contributed by atoms with van der Waals surface area (Å²) in [5.74, 6) is 1.05. The lowest BCUT2D eigenvalue weighted by Crippen LogP contribution is -2.00. The summed E-state index contributed by atoms with van der Waals surface area (Å²) in [6.45, 7) is 5.84. The molecule has 1 aliphatic rings. The number of thioether (sulfide) groups is 1. The monoisotopic (exact) mass is 244 g/mol. The number of imidazole rings is 1. The fourth-order valence-corrected chi connectivity index (χ4v) is 2.75. The first kappa shape index (κ1) is 12.0. The molecule has 2 nitrogen and oxygen atoms in total. The van der Waals surface area contributed by atoms with Crippen molar-refractivity contribution in [1.82, 2.24) is 9.97 Å². The molecule has 0 spiro atoms. The molecule has 2 rings (SSSR count). The number of aromatic nitrogens is 2. The SMILES string of the molecule is C=C/C=C\C1=C(C)C=C(Cc2cnc[nH]2)CS1. The predicted octanol–water partition coefficient (Wildman–Crippen LogP) is 3.64. The van der Waals surface area contributed by atoms with Crippen molar-refractivity contribution in [1.29, 1.82) is 0 Å². The lowest BCUT2D eigenvalue weighted by molar-refractivity contribution is 1.07. The van der Waals surface area contributed by atoms with Crippen LogP contribution in [0.1, 0.15) is 12.6 Å². The molecule has 1 aromatic heterocycles. The van der Waals surface area contributed by atoms with Gasteiger partial charge >= 0.3 is 0 Å². The van der Waals surface area contributed by atoms with Gasteiger partial charge in [0.25, 0.3) is 0 Å². The van der Waals surface area contributed by atoms with Crippen molar-refractivity contribution in [3.63, 3.8) is 0 Å². The molecule has 3 heteroatoms. The van der Waals surface area contributed by atoms with Gasteiger partial charge < -0.3 is 4.98 Å². The van der Waals surface area contributed by atoms with Crippen molar-refractivity contribution in [2.45, 2.75) is 13.3 Å². The zero-order chi connectivity index (χ0) is 12.1. The van der Waals surface area contributed by atoms with E-state index in [-0.39, 0.29) is 0 Å².